The van der Waals surface area contributed by atoms with Crippen molar-refractivity contribution in [2.75, 3.05) is 13.2 Å². The fourth-order valence-corrected chi connectivity index (χ4v) is 2.54. The Morgan fingerprint density at radius 3 is 2.52 bits per heavy atom. The monoisotopic (exact) mass is 328 g/mol. The van der Waals surface area contributed by atoms with Gasteiger partial charge in [-0.15, -0.1) is 0 Å². The third kappa shape index (κ3) is 4.99. The molecule has 0 heterocycles. The molecule has 3 atom stereocenters. The fourth-order valence-electron chi connectivity index (χ4n) is 2.54. The zero-order valence-electron chi connectivity index (χ0n) is 12.4. The van der Waals surface area contributed by atoms with Crippen molar-refractivity contribution in [3.05, 3.63) is 48.0 Å². The Hall–Kier alpha value is -2.02. The van der Waals surface area contributed by atoms with Gasteiger partial charge in [-0.3, -0.25) is 0 Å². The molecule has 0 radical (unpaired) electrons. The summed E-state index contributed by atoms with van der Waals surface area (Å²) in [6, 6.07) is 6.57. The van der Waals surface area contributed by atoms with E-state index in [-0.39, 0.29) is 24.1 Å². The highest BCUT2D eigenvalue weighted by Gasteiger charge is 2.40. The minimum Gasteiger partial charge on any atom is -0.396 e. The molecule has 2 rings (SSSR count). The molecule has 1 aromatic rings. The molecule has 0 saturated carbocycles. The molecule has 23 heavy (non-hydrogen) atoms. The minimum atomic E-state index is -4.44. The van der Waals surface area contributed by atoms with Gasteiger partial charge < -0.3 is 15.7 Å². The lowest BCUT2D eigenvalue weighted by molar-refractivity contribution is -0.149. The average molecular weight is 328 g/mol. The molecule has 2 amide bonds. The van der Waals surface area contributed by atoms with Crippen LogP contribution in [0.25, 0.3) is 0 Å². The molecule has 1 aliphatic rings. The standard InChI is InChI=1S/C16H19F3N2O2/c17-16(18,19)14(12-4-2-1-3-5-12)9-20-15(23)21-13-7-6-11(8-13)10-22/h1-7,11,13-14,22H,8-10H2,(H2,20,21,23)/t11-,13+,14-/m0/s1. The highest BCUT2D eigenvalue weighted by molar-refractivity contribution is 5.74. The van der Waals surface area contributed by atoms with Crippen molar-refractivity contribution in [1.82, 2.24) is 10.6 Å². The zero-order chi connectivity index (χ0) is 16.9. The summed E-state index contributed by atoms with van der Waals surface area (Å²) in [6.45, 7) is -0.542. The lowest BCUT2D eigenvalue weighted by atomic mass is 9.98. The summed E-state index contributed by atoms with van der Waals surface area (Å²) in [5, 5.41) is 13.9. The molecule has 0 unspecified atom stereocenters. The molecule has 126 valence electrons. The van der Waals surface area contributed by atoms with E-state index in [1.54, 1.807) is 18.2 Å². The molecule has 3 N–H and O–H groups in total. The van der Waals surface area contributed by atoms with Crippen LogP contribution in [0.1, 0.15) is 17.9 Å². The van der Waals surface area contributed by atoms with Gasteiger partial charge in [0.25, 0.3) is 0 Å². The van der Waals surface area contributed by atoms with Gasteiger partial charge >= 0.3 is 12.2 Å². The van der Waals surface area contributed by atoms with Crippen LogP contribution >= 0.6 is 0 Å². The van der Waals surface area contributed by atoms with Crippen LogP contribution in [0.2, 0.25) is 0 Å². The van der Waals surface area contributed by atoms with Gasteiger partial charge in [-0.2, -0.15) is 13.2 Å². The van der Waals surface area contributed by atoms with E-state index in [2.05, 4.69) is 10.6 Å². The highest BCUT2D eigenvalue weighted by atomic mass is 19.4. The average Bonchev–Trinajstić information content (AvgIpc) is 2.94. The quantitative estimate of drug-likeness (QED) is 0.728. The molecule has 0 saturated heterocycles. The van der Waals surface area contributed by atoms with Crippen LogP contribution < -0.4 is 10.6 Å². The Balaban J connectivity index is 1.89. The molecule has 0 aliphatic heterocycles. The maximum absolute atomic E-state index is 13.1. The minimum absolute atomic E-state index is 0.0134. The van der Waals surface area contributed by atoms with Crippen LogP contribution in [0.4, 0.5) is 18.0 Å². The van der Waals surface area contributed by atoms with E-state index >= 15 is 0 Å². The lowest BCUT2D eigenvalue weighted by Crippen LogP contribution is -2.44. The zero-order valence-corrected chi connectivity index (χ0v) is 12.4. The first-order valence-corrected chi connectivity index (χ1v) is 7.35. The van der Waals surface area contributed by atoms with Crippen molar-refractivity contribution in [3.8, 4) is 0 Å². The second-order valence-corrected chi connectivity index (χ2v) is 5.53. The Kier molecular flexibility index (Phi) is 5.65. The van der Waals surface area contributed by atoms with Crippen molar-refractivity contribution in [1.29, 1.82) is 0 Å². The molecule has 0 aromatic heterocycles. The molecular formula is C16H19F3N2O2. The van der Waals surface area contributed by atoms with Crippen molar-refractivity contribution in [3.63, 3.8) is 0 Å². The predicted octanol–water partition coefficient (Wildman–Crippen LogP) is 2.57. The molecule has 0 spiro atoms. The summed E-state index contributed by atoms with van der Waals surface area (Å²) >= 11 is 0. The lowest BCUT2D eigenvalue weighted by Gasteiger charge is -2.22. The molecule has 7 heteroatoms. The van der Waals surface area contributed by atoms with Gasteiger partial charge in [0, 0.05) is 25.1 Å². The molecule has 1 aromatic carbocycles. The third-order valence-corrected chi connectivity index (χ3v) is 3.79. The third-order valence-electron chi connectivity index (χ3n) is 3.79. The first-order valence-electron chi connectivity index (χ1n) is 7.35. The van der Waals surface area contributed by atoms with E-state index in [9.17, 15) is 18.0 Å². The van der Waals surface area contributed by atoms with Gasteiger partial charge in [0.1, 0.15) is 0 Å². The summed E-state index contributed by atoms with van der Waals surface area (Å²) in [5.74, 6) is -1.77. The summed E-state index contributed by atoms with van der Waals surface area (Å²) in [7, 11) is 0. The van der Waals surface area contributed by atoms with Crippen molar-refractivity contribution in [2.45, 2.75) is 24.6 Å². The smallest absolute Gasteiger partial charge is 0.396 e. The van der Waals surface area contributed by atoms with Gasteiger partial charge in [-0.1, -0.05) is 42.5 Å². The number of alkyl halides is 3. The summed E-state index contributed by atoms with van der Waals surface area (Å²) in [5.41, 5.74) is 0.112. The number of carbonyl (C=O) groups is 1. The van der Waals surface area contributed by atoms with E-state index in [0.717, 1.165) is 0 Å². The van der Waals surface area contributed by atoms with E-state index in [0.29, 0.717) is 6.42 Å². The van der Waals surface area contributed by atoms with Crippen molar-refractivity contribution >= 4 is 6.03 Å². The Bertz CT molecular complexity index is 546. The second-order valence-electron chi connectivity index (χ2n) is 5.53. The van der Waals surface area contributed by atoms with Crippen molar-refractivity contribution in [2.24, 2.45) is 5.92 Å². The van der Waals surface area contributed by atoms with E-state index < -0.39 is 24.7 Å². The Labute approximate surface area is 132 Å². The molecule has 4 nitrogen and oxygen atoms in total. The summed E-state index contributed by atoms with van der Waals surface area (Å²) in [4.78, 5) is 11.8. The number of nitrogens with one attached hydrogen (secondary N) is 2. The largest absolute Gasteiger partial charge is 0.397 e. The van der Waals surface area contributed by atoms with Gasteiger partial charge in [0.05, 0.1) is 5.92 Å². The van der Waals surface area contributed by atoms with E-state index in [1.807, 2.05) is 0 Å². The highest BCUT2D eigenvalue weighted by Crippen LogP contribution is 2.34. The van der Waals surface area contributed by atoms with Crippen LogP contribution in [0.5, 0.6) is 0 Å². The summed E-state index contributed by atoms with van der Waals surface area (Å²) < 4.78 is 39.4. The van der Waals surface area contributed by atoms with Crippen molar-refractivity contribution < 1.29 is 23.1 Å². The number of benzene rings is 1. The molecule has 1 aliphatic carbocycles. The maximum Gasteiger partial charge on any atom is 0.397 e. The second kappa shape index (κ2) is 7.50. The SMILES string of the molecule is O=C(NC[C@@H](c1ccccc1)C(F)(F)F)N[C@@H]1C=C[C@H](CO)C1. The molecular weight excluding hydrogens is 309 g/mol. The Morgan fingerprint density at radius 1 is 1.26 bits per heavy atom. The number of amides is 2. The van der Waals surface area contributed by atoms with Gasteiger partial charge in [-0.05, 0) is 12.0 Å². The molecule has 0 fully saturated rings. The predicted molar refractivity (Wildman–Crippen MR) is 79.9 cm³/mol. The normalized spacial score (nSPS) is 21.9. The van der Waals surface area contributed by atoms with E-state index in [4.69, 9.17) is 5.11 Å². The first kappa shape index (κ1) is 17.3. The summed E-state index contributed by atoms with van der Waals surface area (Å²) in [6.07, 6.45) is -0.373. The van der Waals surface area contributed by atoms with Crippen LogP contribution in [0.3, 0.4) is 0 Å². The first-order chi connectivity index (χ1) is 10.9. The molecule has 0 bridgehead atoms. The number of hydrogen-bond donors (Lipinski definition) is 3. The number of halogens is 3. The van der Waals surface area contributed by atoms with E-state index in [1.165, 1.54) is 24.3 Å². The van der Waals surface area contributed by atoms with Crippen LogP contribution in [-0.4, -0.2) is 36.5 Å². The van der Waals surface area contributed by atoms with Crippen LogP contribution in [-0.2, 0) is 0 Å². The number of hydrogen-bond acceptors (Lipinski definition) is 2. The fraction of sp³-hybridized carbons (Fsp3) is 0.438. The van der Waals surface area contributed by atoms with Gasteiger partial charge in [0.2, 0.25) is 0 Å². The topological polar surface area (TPSA) is 61.4 Å². The number of rotatable bonds is 5. The van der Waals surface area contributed by atoms with Gasteiger partial charge in [0.15, 0.2) is 0 Å². The number of aliphatic hydroxyl groups is 1. The number of aliphatic hydroxyl groups excluding tert-OH is 1. The number of urea groups is 1. The van der Waals surface area contributed by atoms with Crippen LogP contribution in [0.15, 0.2) is 42.5 Å². The maximum atomic E-state index is 13.1. The number of carbonyl (C=O) groups excluding carboxylic acids is 1. The Morgan fingerprint density at radius 2 is 1.96 bits per heavy atom. The van der Waals surface area contributed by atoms with Crippen LogP contribution in [0, 0.1) is 5.92 Å². The van der Waals surface area contributed by atoms with Gasteiger partial charge in [-0.25, -0.2) is 4.79 Å².